The Balaban J connectivity index is 1.60. The van der Waals surface area contributed by atoms with Crippen LogP contribution in [0.2, 0.25) is 0 Å². The first-order chi connectivity index (χ1) is 14.0. The van der Waals surface area contributed by atoms with Gasteiger partial charge in [0.25, 0.3) is 11.5 Å². The quantitative estimate of drug-likeness (QED) is 0.549. The number of likely N-dealkylation sites (N-methyl/N-ethyl adjacent to an activating group) is 1. The van der Waals surface area contributed by atoms with E-state index in [2.05, 4.69) is 15.2 Å². The highest BCUT2D eigenvalue weighted by Gasteiger charge is 2.31. The van der Waals surface area contributed by atoms with E-state index in [-0.39, 0.29) is 30.1 Å². The van der Waals surface area contributed by atoms with Gasteiger partial charge in [0.1, 0.15) is 5.82 Å². The average molecular weight is 392 g/mol. The molecular formula is C21H17FN4O3. The van der Waals surface area contributed by atoms with E-state index in [4.69, 9.17) is 4.74 Å². The number of pyridine rings is 1. The molecule has 0 saturated heterocycles. The Hall–Kier alpha value is -3.52. The lowest BCUT2D eigenvalue weighted by Gasteiger charge is -2.34. The molecular weight excluding hydrogens is 375 g/mol. The fourth-order valence-electron chi connectivity index (χ4n) is 3.95. The predicted octanol–water partition coefficient (Wildman–Crippen LogP) is 2.89. The van der Waals surface area contributed by atoms with Crippen LogP contribution in [0.5, 0.6) is 0 Å². The third-order valence-electron chi connectivity index (χ3n) is 5.44. The van der Waals surface area contributed by atoms with Gasteiger partial charge in [-0.1, -0.05) is 6.07 Å². The van der Waals surface area contributed by atoms with E-state index in [9.17, 15) is 14.0 Å². The van der Waals surface area contributed by atoms with Crippen molar-refractivity contribution in [2.75, 3.05) is 13.7 Å². The minimum atomic E-state index is -0.482. The lowest BCUT2D eigenvalue weighted by Crippen LogP contribution is -2.37. The number of rotatable bonds is 2. The van der Waals surface area contributed by atoms with Crippen molar-refractivity contribution >= 4 is 27.6 Å². The zero-order valence-corrected chi connectivity index (χ0v) is 15.5. The number of carbonyl (C=O) groups excluding carboxylic acids is 1. The van der Waals surface area contributed by atoms with Gasteiger partial charge >= 0.3 is 0 Å². The molecule has 0 unspecified atom stereocenters. The maximum atomic E-state index is 13.7. The molecule has 29 heavy (non-hydrogen) atoms. The number of aromatic nitrogens is 3. The van der Waals surface area contributed by atoms with E-state index in [1.54, 1.807) is 36.3 Å². The third kappa shape index (κ3) is 2.80. The van der Waals surface area contributed by atoms with Crippen LogP contribution >= 0.6 is 0 Å². The van der Waals surface area contributed by atoms with E-state index in [1.807, 2.05) is 6.07 Å². The summed E-state index contributed by atoms with van der Waals surface area (Å²) in [7, 11) is 1.70. The molecule has 7 nitrogen and oxygen atoms in total. The second-order valence-corrected chi connectivity index (χ2v) is 7.16. The number of nitrogens with one attached hydrogen (secondary N) is 2. The van der Waals surface area contributed by atoms with Crippen molar-refractivity contribution in [1.82, 2.24) is 20.1 Å². The van der Waals surface area contributed by atoms with Gasteiger partial charge in [-0.2, -0.15) is 5.10 Å². The molecule has 1 atom stereocenters. The SMILES string of the molecule is CN(C(=O)c1ccc2[nH]ncc2c1)[C@@H]1COCc2[nH]c(=O)c3cc(F)ccc3c21. The number of hydrogen-bond acceptors (Lipinski definition) is 4. The van der Waals surface area contributed by atoms with E-state index in [0.29, 0.717) is 16.6 Å². The van der Waals surface area contributed by atoms with Crippen molar-refractivity contribution < 1.29 is 13.9 Å². The molecule has 2 N–H and O–H groups in total. The number of H-pyrrole nitrogens is 2. The molecule has 146 valence electrons. The number of amides is 1. The van der Waals surface area contributed by atoms with E-state index < -0.39 is 11.9 Å². The number of benzene rings is 2. The summed E-state index contributed by atoms with van der Waals surface area (Å²) in [6.45, 7) is 0.513. The van der Waals surface area contributed by atoms with Gasteiger partial charge in [0.2, 0.25) is 0 Å². The monoisotopic (exact) mass is 392 g/mol. The molecule has 0 bridgehead atoms. The smallest absolute Gasteiger partial charge is 0.256 e. The van der Waals surface area contributed by atoms with Crippen LogP contribution in [0, 0.1) is 5.82 Å². The molecule has 4 aromatic rings. The summed E-state index contributed by atoms with van der Waals surface area (Å²) in [4.78, 5) is 29.9. The molecule has 3 heterocycles. The topological polar surface area (TPSA) is 91.1 Å². The van der Waals surface area contributed by atoms with Crippen LogP contribution in [0.15, 0.2) is 47.4 Å². The van der Waals surface area contributed by atoms with Crippen LogP contribution in [0.3, 0.4) is 0 Å². The van der Waals surface area contributed by atoms with Gasteiger partial charge in [-0.15, -0.1) is 0 Å². The molecule has 0 saturated carbocycles. The lowest BCUT2D eigenvalue weighted by atomic mass is 9.95. The number of nitrogens with zero attached hydrogens (tertiary/aromatic N) is 2. The summed E-state index contributed by atoms with van der Waals surface area (Å²) < 4.78 is 19.4. The second kappa shape index (κ2) is 6.52. The van der Waals surface area contributed by atoms with Crippen molar-refractivity contribution in [3.63, 3.8) is 0 Å². The Morgan fingerprint density at radius 2 is 2.10 bits per heavy atom. The lowest BCUT2D eigenvalue weighted by molar-refractivity contribution is 0.0336. The molecule has 1 aliphatic rings. The van der Waals surface area contributed by atoms with Crippen molar-refractivity contribution in [3.8, 4) is 0 Å². The average Bonchev–Trinajstić information content (AvgIpc) is 3.20. The Morgan fingerprint density at radius 3 is 2.97 bits per heavy atom. The second-order valence-electron chi connectivity index (χ2n) is 7.16. The fourth-order valence-corrected chi connectivity index (χ4v) is 3.95. The molecule has 0 radical (unpaired) electrons. The molecule has 0 aliphatic carbocycles. The molecule has 0 spiro atoms. The summed E-state index contributed by atoms with van der Waals surface area (Å²) >= 11 is 0. The number of carbonyl (C=O) groups is 1. The highest BCUT2D eigenvalue weighted by Crippen LogP contribution is 2.33. The highest BCUT2D eigenvalue weighted by molar-refractivity contribution is 5.98. The Bertz CT molecular complexity index is 1330. The number of fused-ring (bicyclic) bond motifs is 4. The first-order valence-electron chi connectivity index (χ1n) is 9.15. The number of halogens is 1. The minimum absolute atomic E-state index is 0.184. The van der Waals surface area contributed by atoms with E-state index in [0.717, 1.165) is 16.5 Å². The van der Waals surface area contributed by atoms with Gasteiger partial charge in [-0.3, -0.25) is 14.7 Å². The van der Waals surface area contributed by atoms with Crippen LogP contribution in [-0.4, -0.2) is 39.6 Å². The molecule has 1 aliphatic heterocycles. The van der Waals surface area contributed by atoms with Crippen LogP contribution in [0.1, 0.15) is 27.7 Å². The Kier molecular flexibility index (Phi) is 3.95. The van der Waals surface area contributed by atoms with Crippen molar-refractivity contribution in [2.24, 2.45) is 0 Å². The number of ether oxygens (including phenoxy) is 1. The maximum Gasteiger partial charge on any atom is 0.256 e. The highest BCUT2D eigenvalue weighted by atomic mass is 19.1. The van der Waals surface area contributed by atoms with Crippen molar-refractivity contribution in [2.45, 2.75) is 12.6 Å². The first kappa shape index (κ1) is 17.6. The summed E-state index contributed by atoms with van der Waals surface area (Å²) in [5.74, 6) is -0.666. The fraction of sp³-hybridized carbons (Fsp3) is 0.190. The summed E-state index contributed by atoms with van der Waals surface area (Å²) in [6.07, 6.45) is 1.66. The summed E-state index contributed by atoms with van der Waals surface area (Å²) in [5, 5.41) is 8.57. The minimum Gasteiger partial charge on any atom is -0.373 e. The standard InChI is InChI=1S/C21H17FN4O3/c1-26(21(28)11-2-5-16-12(6-11)8-23-25-16)18-10-29-9-17-19(18)14-4-3-13(22)7-15(14)20(27)24-17/h2-8,18H,9-10H2,1H3,(H,23,25)(H,24,27)/t18-/m1/s1. The van der Waals surface area contributed by atoms with Crippen LogP contribution in [0.4, 0.5) is 4.39 Å². The zero-order chi connectivity index (χ0) is 20.1. The van der Waals surface area contributed by atoms with E-state index >= 15 is 0 Å². The van der Waals surface area contributed by atoms with Gasteiger partial charge in [0.15, 0.2) is 0 Å². The summed E-state index contributed by atoms with van der Waals surface area (Å²) in [5.41, 5.74) is 2.39. The van der Waals surface area contributed by atoms with Crippen LogP contribution < -0.4 is 5.56 Å². The first-order valence-corrected chi connectivity index (χ1v) is 9.15. The number of aromatic amines is 2. The maximum absolute atomic E-state index is 13.7. The van der Waals surface area contributed by atoms with Gasteiger partial charge in [0.05, 0.1) is 36.4 Å². The normalized spacial score (nSPS) is 16.1. The predicted molar refractivity (Wildman–Crippen MR) is 105 cm³/mol. The van der Waals surface area contributed by atoms with Crippen molar-refractivity contribution in [1.29, 1.82) is 0 Å². The molecule has 1 amide bonds. The van der Waals surface area contributed by atoms with Crippen LogP contribution in [-0.2, 0) is 11.3 Å². The van der Waals surface area contributed by atoms with Gasteiger partial charge < -0.3 is 14.6 Å². The zero-order valence-electron chi connectivity index (χ0n) is 15.5. The number of hydrogen-bond donors (Lipinski definition) is 2. The van der Waals surface area contributed by atoms with Gasteiger partial charge in [-0.05, 0) is 35.7 Å². The largest absolute Gasteiger partial charge is 0.373 e. The van der Waals surface area contributed by atoms with Crippen LogP contribution in [0.25, 0.3) is 21.7 Å². The molecule has 2 aromatic carbocycles. The van der Waals surface area contributed by atoms with Gasteiger partial charge in [-0.25, -0.2) is 4.39 Å². The molecule has 5 rings (SSSR count). The Morgan fingerprint density at radius 1 is 1.24 bits per heavy atom. The molecule has 2 aromatic heterocycles. The van der Waals surface area contributed by atoms with Crippen molar-refractivity contribution in [3.05, 3.63) is 75.6 Å². The third-order valence-corrected chi connectivity index (χ3v) is 5.44. The molecule has 8 heteroatoms. The van der Waals surface area contributed by atoms with E-state index in [1.165, 1.54) is 12.1 Å². The Labute approximate surface area is 164 Å². The summed E-state index contributed by atoms with van der Waals surface area (Å²) in [6, 6.07) is 9.04. The molecule has 0 fully saturated rings. The van der Waals surface area contributed by atoms with Gasteiger partial charge in [0, 0.05) is 29.3 Å².